The van der Waals surface area contributed by atoms with Crippen molar-refractivity contribution >= 4 is 19.8 Å². The summed E-state index contributed by atoms with van der Waals surface area (Å²) in [4.78, 5) is 34.8. The zero-order chi connectivity index (χ0) is 38.9. The van der Waals surface area contributed by atoms with Crippen molar-refractivity contribution in [1.29, 1.82) is 0 Å². The fourth-order valence-electron chi connectivity index (χ4n) is 5.80. The van der Waals surface area contributed by atoms with Crippen LogP contribution in [0.3, 0.4) is 0 Å². The summed E-state index contributed by atoms with van der Waals surface area (Å²) in [6.07, 6.45) is 43.1. The molecule has 0 spiro atoms. The van der Waals surface area contributed by atoms with E-state index in [4.69, 9.17) is 24.3 Å². The number of ether oxygens (including phenoxy) is 2. The molecule has 0 radical (unpaired) electrons. The Hall–Kier alpha value is -1.77. The van der Waals surface area contributed by atoms with E-state index in [1.807, 2.05) is 0 Å². The van der Waals surface area contributed by atoms with Gasteiger partial charge in [-0.3, -0.25) is 18.6 Å². The number of phosphoric ester groups is 1. The highest BCUT2D eigenvalue weighted by Crippen LogP contribution is 2.43. The summed E-state index contributed by atoms with van der Waals surface area (Å²) in [5.74, 6) is -0.850. The molecular weight excluding hydrogens is 689 g/mol. The molecular formula is C43H80NO8P. The summed E-state index contributed by atoms with van der Waals surface area (Å²) < 4.78 is 32.7. The Kier molecular flexibility index (Phi) is 38.6. The van der Waals surface area contributed by atoms with Crippen LogP contribution >= 0.6 is 7.82 Å². The molecule has 0 bridgehead atoms. The molecule has 1 unspecified atom stereocenters. The Morgan fingerprint density at radius 3 is 1.47 bits per heavy atom. The monoisotopic (exact) mass is 770 g/mol. The third kappa shape index (κ3) is 39.7. The number of hydrogen-bond donors (Lipinski definition) is 2. The minimum Gasteiger partial charge on any atom is -0.462 e. The van der Waals surface area contributed by atoms with Crippen LogP contribution in [-0.2, 0) is 32.7 Å². The van der Waals surface area contributed by atoms with E-state index in [-0.39, 0.29) is 32.6 Å². The molecule has 10 heteroatoms. The lowest BCUT2D eigenvalue weighted by molar-refractivity contribution is -0.161. The highest BCUT2D eigenvalue weighted by atomic mass is 31.2. The number of esters is 2. The Labute approximate surface area is 324 Å². The predicted octanol–water partition coefficient (Wildman–Crippen LogP) is 12.2. The van der Waals surface area contributed by atoms with Crippen LogP contribution < -0.4 is 5.73 Å². The molecule has 310 valence electrons. The van der Waals surface area contributed by atoms with Crippen LogP contribution in [0, 0.1) is 0 Å². The molecule has 0 aliphatic heterocycles. The molecule has 0 rings (SSSR count). The van der Waals surface area contributed by atoms with E-state index in [0.717, 1.165) is 64.2 Å². The molecule has 9 nitrogen and oxygen atoms in total. The maximum Gasteiger partial charge on any atom is 0.472 e. The van der Waals surface area contributed by atoms with Crippen molar-refractivity contribution < 1.29 is 37.6 Å². The Morgan fingerprint density at radius 2 is 0.981 bits per heavy atom. The summed E-state index contributed by atoms with van der Waals surface area (Å²) >= 11 is 0. The summed E-state index contributed by atoms with van der Waals surface area (Å²) in [7, 11) is -4.38. The van der Waals surface area contributed by atoms with Crippen LogP contribution in [0.1, 0.15) is 194 Å². The first-order valence-electron chi connectivity index (χ1n) is 21.5. The lowest BCUT2D eigenvalue weighted by Crippen LogP contribution is -2.29. The van der Waals surface area contributed by atoms with E-state index < -0.39 is 32.5 Å². The summed E-state index contributed by atoms with van der Waals surface area (Å²) in [5.41, 5.74) is 5.34. The van der Waals surface area contributed by atoms with Gasteiger partial charge < -0.3 is 20.1 Å². The molecule has 0 aromatic carbocycles. The van der Waals surface area contributed by atoms with Crippen LogP contribution in [0.5, 0.6) is 0 Å². The van der Waals surface area contributed by atoms with Crippen molar-refractivity contribution in [1.82, 2.24) is 0 Å². The molecule has 3 N–H and O–H groups in total. The fraction of sp³-hybridized carbons (Fsp3) is 0.814. The number of allylic oxidation sites excluding steroid dienone is 6. The van der Waals surface area contributed by atoms with E-state index in [9.17, 15) is 19.0 Å². The van der Waals surface area contributed by atoms with E-state index in [0.29, 0.717) is 12.8 Å². The number of carbonyl (C=O) groups excluding carboxylic acids is 2. The van der Waals surface area contributed by atoms with Gasteiger partial charge in [-0.15, -0.1) is 0 Å². The van der Waals surface area contributed by atoms with Crippen LogP contribution in [0.15, 0.2) is 36.5 Å². The summed E-state index contributed by atoms with van der Waals surface area (Å²) in [5, 5.41) is 0. The third-order valence-electron chi connectivity index (χ3n) is 9.03. The Balaban J connectivity index is 4.19. The van der Waals surface area contributed by atoms with Gasteiger partial charge in [-0.1, -0.05) is 153 Å². The highest BCUT2D eigenvalue weighted by molar-refractivity contribution is 7.47. The Bertz CT molecular complexity index is 970. The second-order valence-corrected chi connectivity index (χ2v) is 15.7. The average molecular weight is 770 g/mol. The fourth-order valence-corrected chi connectivity index (χ4v) is 6.56. The number of nitrogens with two attached hydrogens (primary N) is 1. The molecule has 0 saturated carbocycles. The topological polar surface area (TPSA) is 134 Å². The molecule has 0 aromatic rings. The molecule has 0 aromatic heterocycles. The molecule has 53 heavy (non-hydrogen) atoms. The van der Waals surface area contributed by atoms with E-state index >= 15 is 0 Å². The Morgan fingerprint density at radius 1 is 0.566 bits per heavy atom. The van der Waals surface area contributed by atoms with Crippen molar-refractivity contribution in [3.63, 3.8) is 0 Å². The first kappa shape index (κ1) is 51.2. The van der Waals surface area contributed by atoms with Gasteiger partial charge in [-0.2, -0.15) is 0 Å². The number of rotatable bonds is 40. The molecule has 0 fully saturated rings. The third-order valence-corrected chi connectivity index (χ3v) is 10.0. The molecule has 0 amide bonds. The molecule has 0 aliphatic rings. The van der Waals surface area contributed by atoms with Crippen LogP contribution in [0.2, 0.25) is 0 Å². The van der Waals surface area contributed by atoms with Crippen molar-refractivity contribution in [2.75, 3.05) is 26.4 Å². The molecule has 2 atom stereocenters. The van der Waals surface area contributed by atoms with Gasteiger partial charge in [-0.25, -0.2) is 4.57 Å². The van der Waals surface area contributed by atoms with Gasteiger partial charge in [0.2, 0.25) is 0 Å². The standard InChI is InChI=1S/C43H80NO8P/c1-3-5-7-9-11-13-15-17-19-20-22-24-26-28-30-32-34-36-43(46)52-41(40-51-53(47,48)50-38-37-44)39-49-42(45)35-33-31-29-27-25-23-21-18-16-14-12-10-8-6-4-2/h14,16-19,21,41H,3-13,15,20,22-40,44H2,1-2H3,(H,47,48)/b16-14+,19-17+,21-18+/t41-/m1/s1. The maximum absolute atomic E-state index is 12.6. The van der Waals surface area contributed by atoms with Gasteiger partial charge in [0.1, 0.15) is 6.61 Å². The molecule has 0 heterocycles. The number of unbranched alkanes of at least 4 members (excludes halogenated alkanes) is 22. The molecule has 0 saturated heterocycles. The van der Waals surface area contributed by atoms with Gasteiger partial charge >= 0.3 is 19.8 Å². The lowest BCUT2D eigenvalue weighted by atomic mass is 10.1. The quantitative estimate of drug-likeness (QED) is 0.0205. The second-order valence-electron chi connectivity index (χ2n) is 14.2. The minimum atomic E-state index is -4.38. The molecule has 0 aliphatic carbocycles. The van der Waals surface area contributed by atoms with Gasteiger partial charge in [0, 0.05) is 19.4 Å². The maximum atomic E-state index is 12.6. The van der Waals surface area contributed by atoms with E-state index in [1.165, 1.54) is 89.9 Å². The van der Waals surface area contributed by atoms with Crippen molar-refractivity contribution in [3.8, 4) is 0 Å². The van der Waals surface area contributed by atoms with Gasteiger partial charge in [-0.05, 0) is 64.2 Å². The highest BCUT2D eigenvalue weighted by Gasteiger charge is 2.26. The van der Waals surface area contributed by atoms with Crippen LogP contribution in [0.4, 0.5) is 0 Å². The lowest BCUT2D eigenvalue weighted by Gasteiger charge is -2.19. The largest absolute Gasteiger partial charge is 0.472 e. The SMILES string of the molecule is CCCCCC/C=C/C=C/CCCCCCCC(=O)OC[C@H](COP(=O)(O)OCCN)OC(=O)CCCCCCCCC/C=C/CCCCCCCC. The predicted molar refractivity (Wildman–Crippen MR) is 220 cm³/mol. The zero-order valence-electron chi connectivity index (χ0n) is 34.0. The van der Waals surface area contributed by atoms with E-state index in [1.54, 1.807) is 0 Å². The second kappa shape index (κ2) is 39.9. The van der Waals surface area contributed by atoms with Crippen molar-refractivity contribution in [2.24, 2.45) is 5.73 Å². The van der Waals surface area contributed by atoms with Crippen molar-refractivity contribution in [2.45, 2.75) is 200 Å². The average Bonchev–Trinajstić information content (AvgIpc) is 3.14. The first-order chi connectivity index (χ1) is 25.8. The zero-order valence-corrected chi connectivity index (χ0v) is 34.9. The normalized spacial score (nSPS) is 13.7. The van der Waals surface area contributed by atoms with Gasteiger partial charge in [0.25, 0.3) is 0 Å². The number of phosphoric acid groups is 1. The first-order valence-corrected chi connectivity index (χ1v) is 23.0. The van der Waals surface area contributed by atoms with Crippen LogP contribution in [0.25, 0.3) is 0 Å². The van der Waals surface area contributed by atoms with E-state index in [2.05, 4.69) is 50.3 Å². The summed E-state index contributed by atoms with van der Waals surface area (Å²) in [6.45, 7) is 3.69. The van der Waals surface area contributed by atoms with Gasteiger partial charge in [0.05, 0.1) is 13.2 Å². The summed E-state index contributed by atoms with van der Waals surface area (Å²) in [6, 6.07) is 0. The number of hydrogen-bond acceptors (Lipinski definition) is 8. The number of carbonyl (C=O) groups is 2. The van der Waals surface area contributed by atoms with Crippen LogP contribution in [-0.4, -0.2) is 49.3 Å². The smallest absolute Gasteiger partial charge is 0.462 e. The van der Waals surface area contributed by atoms with Gasteiger partial charge in [0.15, 0.2) is 6.10 Å². The minimum absolute atomic E-state index is 0.0502. The van der Waals surface area contributed by atoms with Crippen molar-refractivity contribution in [3.05, 3.63) is 36.5 Å².